The Labute approximate surface area is 166 Å². The number of methoxy groups -OCH3 is 1. The molecule has 0 spiro atoms. The second-order valence-electron chi connectivity index (χ2n) is 6.62. The van der Waals surface area contributed by atoms with Gasteiger partial charge in [0.15, 0.2) is 5.13 Å². The molecule has 142 valence electrons. The number of amides is 2. The highest BCUT2D eigenvalue weighted by molar-refractivity contribution is 7.14. The number of hydrogen-bond acceptors (Lipinski definition) is 5. The predicted molar refractivity (Wildman–Crippen MR) is 110 cm³/mol. The average Bonchev–Trinajstić information content (AvgIpc) is 3.27. The lowest BCUT2D eigenvalue weighted by molar-refractivity contribution is -0.117. The minimum atomic E-state index is -0.169. The molecule has 7 heteroatoms. The van der Waals surface area contributed by atoms with Gasteiger partial charge in [-0.15, -0.1) is 11.3 Å². The molecule has 1 atom stereocenters. The highest BCUT2D eigenvalue weighted by Gasteiger charge is 2.26. The number of ether oxygens (including phenoxy) is 1. The van der Waals surface area contributed by atoms with E-state index >= 15 is 0 Å². The lowest BCUT2D eigenvalue weighted by Crippen LogP contribution is -2.14. The van der Waals surface area contributed by atoms with Gasteiger partial charge in [-0.2, -0.15) is 0 Å². The van der Waals surface area contributed by atoms with E-state index in [1.54, 1.807) is 7.11 Å². The largest absolute Gasteiger partial charge is 0.497 e. The van der Waals surface area contributed by atoms with E-state index in [0.29, 0.717) is 5.13 Å². The maximum Gasteiger partial charge on any atom is 0.231 e. The van der Waals surface area contributed by atoms with Crippen LogP contribution in [0.2, 0.25) is 0 Å². The molecule has 1 unspecified atom stereocenters. The Bertz CT molecular complexity index is 1040. The molecule has 0 radical (unpaired) electrons. The topological polar surface area (TPSA) is 80.3 Å². The number of aromatic nitrogens is 1. The van der Waals surface area contributed by atoms with Gasteiger partial charge in [0.2, 0.25) is 11.8 Å². The summed E-state index contributed by atoms with van der Waals surface area (Å²) in [5.74, 6) is 0.479. The molecule has 2 N–H and O–H groups in total. The number of benzene rings is 2. The number of nitrogens with one attached hydrogen (secondary N) is 2. The summed E-state index contributed by atoms with van der Waals surface area (Å²) in [6, 6.07) is 13.2. The van der Waals surface area contributed by atoms with Crippen molar-refractivity contribution in [2.45, 2.75) is 19.3 Å². The first kappa shape index (κ1) is 18.2. The van der Waals surface area contributed by atoms with E-state index < -0.39 is 0 Å². The fourth-order valence-corrected chi connectivity index (χ4v) is 3.87. The Morgan fingerprint density at radius 3 is 2.79 bits per heavy atom. The summed E-state index contributed by atoms with van der Waals surface area (Å²) in [5.41, 5.74) is 4.43. The molecule has 6 nitrogen and oxygen atoms in total. The van der Waals surface area contributed by atoms with Crippen LogP contribution in [0.4, 0.5) is 10.8 Å². The zero-order valence-electron chi connectivity index (χ0n) is 15.5. The molecule has 0 fully saturated rings. The van der Waals surface area contributed by atoms with Gasteiger partial charge in [0.05, 0.1) is 25.1 Å². The van der Waals surface area contributed by atoms with Crippen molar-refractivity contribution < 1.29 is 14.3 Å². The Balaban J connectivity index is 1.44. The van der Waals surface area contributed by atoms with E-state index in [2.05, 4.69) is 15.6 Å². The van der Waals surface area contributed by atoms with Crippen molar-refractivity contribution >= 4 is 34.0 Å². The van der Waals surface area contributed by atoms with Crippen molar-refractivity contribution in [3.63, 3.8) is 0 Å². The van der Waals surface area contributed by atoms with Crippen molar-refractivity contribution in [3.8, 4) is 17.0 Å². The Morgan fingerprint density at radius 1 is 1.25 bits per heavy atom. The second kappa shape index (κ2) is 7.44. The van der Waals surface area contributed by atoms with Crippen molar-refractivity contribution in [1.82, 2.24) is 4.98 Å². The fraction of sp³-hybridized carbons (Fsp3) is 0.190. The first-order valence-electron chi connectivity index (χ1n) is 8.87. The van der Waals surface area contributed by atoms with Gasteiger partial charge < -0.3 is 15.4 Å². The zero-order chi connectivity index (χ0) is 19.7. The zero-order valence-corrected chi connectivity index (χ0v) is 16.3. The van der Waals surface area contributed by atoms with E-state index in [1.165, 1.54) is 11.3 Å². The Kier molecular flexibility index (Phi) is 4.83. The van der Waals surface area contributed by atoms with E-state index in [1.807, 2.05) is 54.8 Å². The summed E-state index contributed by atoms with van der Waals surface area (Å²) < 4.78 is 5.12. The summed E-state index contributed by atoms with van der Waals surface area (Å²) in [6.07, 6.45) is 0.267. The summed E-state index contributed by atoms with van der Waals surface area (Å²) in [4.78, 5) is 28.6. The van der Waals surface area contributed by atoms with Crippen LogP contribution in [0.15, 0.2) is 47.8 Å². The van der Waals surface area contributed by atoms with E-state index in [0.717, 1.165) is 33.8 Å². The standard InChI is InChI=1S/C21H19N3O3S/c1-12-16-10-14(5-8-17(16)22-20(12)26)18-11-28-21(23-18)24-19(25)9-13-3-6-15(27-2)7-4-13/h3-8,10-12H,9H2,1-2H3,(H,22,26)(H,23,24,25). The molecule has 0 saturated heterocycles. The highest BCUT2D eigenvalue weighted by atomic mass is 32.1. The molecule has 2 heterocycles. The van der Waals surface area contributed by atoms with Crippen LogP contribution < -0.4 is 15.4 Å². The third kappa shape index (κ3) is 3.61. The third-order valence-electron chi connectivity index (χ3n) is 4.74. The molecule has 1 aliphatic rings. The SMILES string of the molecule is COc1ccc(CC(=O)Nc2nc(-c3ccc4c(c3)C(C)C(=O)N4)cs2)cc1. The lowest BCUT2D eigenvalue weighted by atomic mass is 10.00. The van der Waals surface area contributed by atoms with Crippen LogP contribution in [0.1, 0.15) is 24.0 Å². The number of fused-ring (bicyclic) bond motifs is 1. The Morgan fingerprint density at radius 2 is 2.04 bits per heavy atom. The molecular weight excluding hydrogens is 374 g/mol. The fourth-order valence-electron chi connectivity index (χ4n) is 3.13. The molecule has 4 rings (SSSR count). The summed E-state index contributed by atoms with van der Waals surface area (Å²) >= 11 is 1.38. The number of carbonyl (C=O) groups excluding carboxylic acids is 2. The quantitative estimate of drug-likeness (QED) is 0.685. The smallest absolute Gasteiger partial charge is 0.231 e. The normalized spacial score (nSPS) is 15.1. The van der Waals surface area contributed by atoms with Crippen molar-refractivity contribution in [2.24, 2.45) is 0 Å². The van der Waals surface area contributed by atoms with Gasteiger partial charge in [-0.1, -0.05) is 18.2 Å². The minimum absolute atomic E-state index is 0.0110. The Hall–Kier alpha value is -3.19. The second-order valence-corrected chi connectivity index (χ2v) is 7.48. The molecule has 0 aliphatic carbocycles. The van der Waals surface area contributed by atoms with Crippen LogP contribution in [0.3, 0.4) is 0 Å². The van der Waals surface area contributed by atoms with Gasteiger partial charge >= 0.3 is 0 Å². The van der Waals surface area contributed by atoms with Crippen LogP contribution in [0, 0.1) is 0 Å². The van der Waals surface area contributed by atoms with Gasteiger partial charge in [-0.3, -0.25) is 9.59 Å². The van der Waals surface area contributed by atoms with Crippen LogP contribution in [0.25, 0.3) is 11.3 Å². The van der Waals surface area contributed by atoms with E-state index in [4.69, 9.17) is 4.74 Å². The monoisotopic (exact) mass is 393 g/mol. The third-order valence-corrected chi connectivity index (χ3v) is 5.50. The van der Waals surface area contributed by atoms with E-state index in [-0.39, 0.29) is 24.2 Å². The van der Waals surface area contributed by atoms with Crippen molar-refractivity contribution in [1.29, 1.82) is 0 Å². The van der Waals surface area contributed by atoms with Crippen LogP contribution >= 0.6 is 11.3 Å². The number of nitrogens with zero attached hydrogens (tertiary/aromatic N) is 1. The number of rotatable bonds is 5. The molecule has 3 aromatic rings. The molecule has 0 saturated carbocycles. The molecule has 1 aliphatic heterocycles. The van der Waals surface area contributed by atoms with E-state index in [9.17, 15) is 9.59 Å². The highest BCUT2D eigenvalue weighted by Crippen LogP contribution is 2.36. The number of thiazole rings is 1. The van der Waals surface area contributed by atoms with Gasteiger partial charge in [0.1, 0.15) is 5.75 Å². The first-order valence-corrected chi connectivity index (χ1v) is 9.75. The summed E-state index contributed by atoms with van der Waals surface area (Å²) in [7, 11) is 1.61. The molecule has 28 heavy (non-hydrogen) atoms. The molecule has 2 amide bonds. The number of anilines is 2. The molecule has 0 bridgehead atoms. The maximum absolute atomic E-state index is 12.3. The average molecular weight is 393 g/mol. The van der Waals surface area contributed by atoms with Gasteiger partial charge in [-0.05, 0) is 42.3 Å². The summed E-state index contributed by atoms with van der Waals surface area (Å²) in [6.45, 7) is 1.89. The number of hydrogen-bond donors (Lipinski definition) is 2. The minimum Gasteiger partial charge on any atom is -0.497 e. The lowest BCUT2D eigenvalue weighted by Gasteiger charge is -2.05. The van der Waals surface area contributed by atoms with Gasteiger partial charge in [0.25, 0.3) is 0 Å². The molecular formula is C21H19N3O3S. The molecule has 2 aromatic carbocycles. The van der Waals surface area contributed by atoms with Crippen LogP contribution in [0.5, 0.6) is 5.75 Å². The maximum atomic E-state index is 12.3. The number of carbonyl (C=O) groups is 2. The van der Waals surface area contributed by atoms with Crippen LogP contribution in [-0.2, 0) is 16.0 Å². The van der Waals surface area contributed by atoms with Crippen LogP contribution in [-0.4, -0.2) is 23.9 Å². The molecule has 1 aromatic heterocycles. The van der Waals surface area contributed by atoms with Gasteiger partial charge in [-0.25, -0.2) is 4.98 Å². The summed E-state index contributed by atoms with van der Waals surface area (Å²) in [5, 5.41) is 8.17. The van der Waals surface area contributed by atoms with Crippen molar-refractivity contribution in [3.05, 3.63) is 59.0 Å². The predicted octanol–water partition coefficient (Wildman–Crippen LogP) is 4.06. The first-order chi connectivity index (χ1) is 13.5. The van der Waals surface area contributed by atoms with Crippen molar-refractivity contribution in [2.75, 3.05) is 17.7 Å². The van der Waals surface area contributed by atoms with Gasteiger partial charge in [0, 0.05) is 16.6 Å².